The number of rotatable bonds is 4. The lowest BCUT2D eigenvalue weighted by atomic mass is 9.92. The Bertz CT molecular complexity index is 704. The number of fused-ring (bicyclic) bond motifs is 1. The smallest absolute Gasteiger partial charge is 0.0681 e. The van der Waals surface area contributed by atoms with Crippen LogP contribution in [0, 0.1) is 0 Å². The minimum atomic E-state index is 0.658. The van der Waals surface area contributed by atoms with E-state index in [0.29, 0.717) is 16.6 Å². The number of likely N-dealkylation sites (N-methyl/N-ethyl adjacent to an activating group) is 1. The van der Waals surface area contributed by atoms with Crippen molar-refractivity contribution in [1.29, 1.82) is 0 Å². The Labute approximate surface area is 140 Å². The normalized spacial score (nSPS) is 16.0. The maximum atomic E-state index is 6.30. The molecule has 116 valence electrons. The van der Waals surface area contributed by atoms with E-state index < -0.39 is 0 Å². The van der Waals surface area contributed by atoms with Gasteiger partial charge in [-0.15, -0.1) is 0 Å². The summed E-state index contributed by atoms with van der Waals surface area (Å²) in [5.74, 6) is 0. The lowest BCUT2D eigenvalue weighted by Gasteiger charge is -2.18. The molecular formula is C17H19Cl2N3. The van der Waals surface area contributed by atoms with Crippen molar-refractivity contribution < 1.29 is 0 Å². The molecule has 5 heteroatoms. The van der Waals surface area contributed by atoms with Gasteiger partial charge in [0.2, 0.25) is 0 Å². The highest BCUT2D eigenvalue weighted by atomic mass is 35.5. The number of benzene rings is 1. The molecule has 3 nitrogen and oxygen atoms in total. The van der Waals surface area contributed by atoms with Crippen molar-refractivity contribution in [3.8, 4) is 0 Å². The Morgan fingerprint density at radius 2 is 2.18 bits per heavy atom. The third-order valence-electron chi connectivity index (χ3n) is 4.00. The fourth-order valence-electron chi connectivity index (χ4n) is 2.92. The summed E-state index contributed by atoms with van der Waals surface area (Å²) in [6.07, 6.45) is 7.65. The molecule has 1 aliphatic rings. The van der Waals surface area contributed by atoms with Gasteiger partial charge in [0, 0.05) is 16.6 Å². The highest BCUT2D eigenvalue weighted by Crippen LogP contribution is 2.31. The van der Waals surface area contributed by atoms with Crippen molar-refractivity contribution in [2.45, 2.75) is 25.8 Å². The first-order chi connectivity index (χ1) is 10.7. The number of hydrogen-bond acceptors (Lipinski definition) is 2. The van der Waals surface area contributed by atoms with Crippen molar-refractivity contribution in [2.24, 2.45) is 0 Å². The molecule has 3 rings (SSSR count). The number of aryl methyl sites for hydroxylation is 1. The second-order valence-corrected chi connectivity index (χ2v) is 6.40. The summed E-state index contributed by atoms with van der Waals surface area (Å²) in [7, 11) is 1.96. The van der Waals surface area contributed by atoms with Crippen molar-refractivity contribution in [1.82, 2.24) is 15.1 Å². The SMILES string of the molecule is CNC/C=C1\CCCc2cnn(Cc3ccc(Cl)cc3Cl)c21. The molecule has 0 aliphatic heterocycles. The Kier molecular flexibility index (Phi) is 4.87. The first kappa shape index (κ1) is 15.6. The summed E-state index contributed by atoms with van der Waals surface area (Å²) < 4.78 is 2.06. The lowest BCUT2D eigenvalue weighted by molar-refractivity contribution is 0.665. The highest BCUT2D eigenvalue weighted by Gasteiger charge is 2.20. The molecule has 0 saturated heterocycles. The predicted octanol–water partition coefficient (Wildman–Crippen LogP) is 4.18. The van der Waals surface area contributed by atoms with Crippen molar-refractivity contribution in [2.75, 3.05) is 13.6 Å². The molecule has 0 unspecified atom stereocenters. The first-order valence-corrected chi connectivity index (χ1v) is 8.27. The third-order valence-corrected chi connectivity index (χ3v) is 4.59. The van der Waals surface area contributed by atoms with Crippen LogP contribution in [0.5, 0.6) is 0 Å². The number of allylic oxidation sites excluding steroid dienone is 1. The molecule has 2 aromatic rings. The minimum Gasteiger partial charge on any atom is -0.316 e. The van der Waals surface area contributed by atoms with Gasteiger partial charge in [-0.05, 0) is 55.1 Å². The van der Waals surface area contributed by atoms with Gasteiger partial charge in [0.05, 0.1) is 18.4 Å². The first-order valence-electron chi connectivity index (χ1n) is 7.51. The number of halogens is 2. The van der Waals surface area contributed by atoms with E-state index in [1.165, 1.54) is 23.3 Å². The van der Waals surface area contributed by atoms with E-state index in [0.717, 1.165) is 24.9 Å². The average molecular weight is 336 g/mol. The van der Waals surface area contributed by atoms with E-state index in [-0.39, 0.29) is 0 Å². The van der Waals surface area contributed by atoms with Gasteiger partial charge in [-0.25, -0.2) is 0 Å². The summed E-state index contributed by atoms with van der Waals surface area (Å²) in [6.45, 7) is 1.55. The van der Waals surface area contributed by atoms with Gasteiger partial charge in [-0.1, -0.05) is 35.3 Å². The fourth-order valence-corrected chi connectivity index (χ4v) is 3.39. The van der Waals surface area contributed by atoms with Crippen LogP contribution >= 0.6 is 23.2 Å². The van der Waals surface area contributed by atoms with E-state index in [1.807, 2.05) is 25.4 Å². The molecule has 1 aromatic heterocycles. The van der Waals surface area contributed by atoms with Crippen LogP contribution in [0.2, 0.25) is 10.0 Å². The van der Waals surface area contributed by atoms with E-state index in [4.69, 9.17) is 23.2 Å². The highest BCUT2D eigenvalue weighted by molar-refractivity contribution is 6.35. The molecule has 1 aromatic carbocycles. The Morgan fingerprint density at radius 1 is 1.32 bits per heavy atom. The number of hydrogen-bond donors (Lipinski definition) is 1. The predicted molar refractivity (Wildman–Crippen MR) is 92.6 cm³/mol. The fraction of sp³-hybridized carbons (Fsp3) is 0.353. The molecule has 0 fully saturated rings. The molecule has 0 amide bonds. The van der Waals surface area contributed by atoms with Gasteiger partial charge >= 0.3 is 0 Å². The van der Waals surface area contributed by atoms with Crippen LogP contribution in [0.3, 0.4) is 0 Å². The minimum absolute atomic E-state index is 0.658. The summed E-state index contributed by atoms with van der Waals surface area (Å²) in [5, 5.41) is 9.11. The number of nitrogens with zero attached hydrogens (tertiary/aromatic N) is 2. The van der Waals surface area contributed by atoms with Gasteiger partial charge < -0.3 is 5.32 Å². The second-order valence-electron chi connectivity index (χ2n) is 5.55. The largest absolute Gasteiger partial charge is 0.316 e. The average Bonchev–Trinajstić information content (AvgIpc) is 2.92. The zero-order valence-corrected chi connectivity index (χ0v) is 14.1. The molecule has 0 spiro atoms. The quantitative estimate of drug-likeness (QED) is 0.908. The van der Waals surface area contributed by atoms with Crippen LogP contribution in [0.25, 0.3) is 5.57 Å². The van der Waals surface area contributed by atoms with Crippen LogP contribution in [-0.4, -0.2) is 23.4 Å². The van der Waals surface area contributed by atoms with Crippen LogP contribution < -0.4 is 5.32 Å². The van der Waals surface area contributed by atoms with Gasteiger partial charge in [-0.3, -0.25) is 4.68 Å². The zero-order chi connectivity index (χ0) is 15.5. The van der Waals surface area contributed by atoms with E-state index in [9.17, 15) is 0 Å². The Hall–Kier alpha value is -1.29. The molecule has 0 radical (unpaired) electrons. The van der Waals surface area contributed by atoms with Gasteiger partial charge in [0.25, 0.3) is 0 Å². The van der Waals surface area contributed by atoms with Crippen LogP contribution in [0.4, 0.5) is 0 Å². The van der Waals surface area contributed by atoms with Crippen molar-refractivity contribution in [3.63, 3.8) is 0 Å². The van der Waals surface area contributed by atoms with E-state index in [2.05, 4.69) is 21.2 Å². The molecule has 22 heavy (non-hydrogen) atoms. The van der Waals surface area contributed by atoms with Crippen LogP contribution in [0.1, 0.15) is 29.7 Å². The standard InChI is InChI=1S/C17H19Cl2N3/c1-20-8-7-12-3-2-4-13-10-21-22(17(12)13)11-14-5-6-15(18)9-16(14)19/h5-7,9-10,20H,2-4,8,11H2,1H3/b12-7+. The van der Waals surface area contributed by atoms with E-state index >= 15 is 0 Å². The number of nitrogens with one attached hydrogen (secondary N) is 1. The summed E-state index contributed by atoms with van der Waals surface area (Å²) in [5.41, 5.74) is 5.00. The second kappa shape index (κ2) is 6.86. The summed E-state index contributed by atoms with van der Waals surface area (Å²) >= 11 is 12.3. The maximum absolute atomic E-state index is 6.30. The van der Waals surface area contributed by atoms with Crippen molar-refractivity contribution in [3.05, 3.63) is 57.3 Å². The third kappa shape index (κ3) is 3.22. The summed E-state index contributed by atoms with van der Waals surface area (Å²) in [4.78, 5) is 0. The molecule has 0 atom stereocenters. The Morgan fingerprint density at radius 3 is 2.95 bits per heavy atom. The number of aromatic nitrogens is 2. The molecular weight excluding hydrogens is 317 g/mol. The zero-order valence-electron chi connectivity index (χ0n) is 12.6. The monoisotopic (exact) mass is 335 g/mol. The van der Waals surface area contributed by atoms with Crippen LogP contribution in [-0.2, 0) is 13.0 Å². The molecule has 1 N–H and O–H groups in total. The molecule has 0 bridgehead atoms. The van der Waals surface area contributed by atoms with Gasteiger partial charge in [0.15, 0.2) is 0 Å². The van der Waals surface area contributed by atoms with Gasteiger partial charge in [0.1, 0.15) is 0 Å². The van der Waals surface area contributed by atoms with Gasteiger partial charge in [-0.2, -0.15) is 5.10 Å². The van der Waals surface area contributed by atoms with Crippen molar-refractivity contribution >= 4 is 28.8 Å². The lowest BCUT2D eigenvalue weighted by Crippen LogP contribution is -2.12. The van der Waals surface area contributed by atoms with Crippen LogP contribution in [0.15, 0.2) is 30.5 Å². The summed E-state index contributed by atoms with van der Waals surface area (Å²) in [6, 6.07) is 5.63. The molecule has 1 aliphatic carbocycles. The molecule has 0 saturated carbocycles. The molecule has 1 heterocycles. The maximum Gasteiger partial charge on any atom is 0.0681 e. The Balaban J connectivity index is 1.94. The van der Waals surface area contributed by atoms with E-state index in [1.54, 1.807) is 6.07 Å². The topological polar surface area (TPSA) is 29.9 Å².